The van der Waals surface area contributed by atoms with E-state index in [0.29, 0.717) is 31.2 Å². The largest absolute Gasteiger partial charge is 0.478 e. The van der Waals surface area contributed by atoms with Crippen LogP contribution in [0, 0.1) is 11.7 Å². The Hall–Kier alpha value is -2.31. The normalized spacial score (nSPS) is 15.8. The van der Waals surface area contributed by atoms with Crippen molar-refractivity contribution in [3.05, 3.63) is 29.6 Å². The maximum atomic E-state index is 13.6. The van der Waals surface area contributed by atoms with Crippen molar-refractivity contribution in [2.24, 2.45) is 5.92 Å². The van der Waals surface area contributed by atoms with Crippen LogP contribution >= 0.6 is 0 Å². The lowest BCUT2D eigenvalue weighted by Gasteiger charge is -2.34. The highest BCUT2D eigenvalue weighted by Gasteiger charge is 2.22. The number of rotatable bonds is 4. The Morgan fingerprint density at radius 2 is 1.92 bits per heavy atom. The fraction of sp³-hybridized carbons (Fsp3) is 0.556. The van der Waals surface area contributed by atoms with Gasteiger partial charge in [-0.05, 0) is 57.7 Å². The number of aromatic carboxylic acids is 1. The van der Waals surface area contributed by atoms with E-state index in [1.54, 1.807) is 0 Å². The van der Waals surface area contributed by atoms with Gasteiger partial charge in [0.05, 0.1) is 5.56 Å². The molecule has 25 heavy (non-hydrogen) atoms. The Labute approximate surface area is 147 Å². The summed E-state index contributed by atoms with van der Waals surface area (Å²) in [7, 11) is 0. The first-order valence-corrected chi connectivity index (χ1v) is 8.40. The lowest BCUT2D eigenvalue weighted by molar-refractivity contribution is 0.0516. The summed E-state index contributed by atoms with van der Waals surface area (Å²) in [6.07, 6.45) is 1.23. The molecule has 1 heterocycles. The lowest BCUT2D eigenvalue weighted by Crippen LogP contribution is -2.40. The predicted octanol–water partition coefficient (Wildman–Crippen LogP) is 3.27. The molecule has 2 N–H and O–H groups in total. The number of carbonyl (C=O) groups is 2. The molecule has 1 aromatic rings. The summed E-state index contributed by atoms with van der Waals surface area (Å²) < 4.78 is 18.8. The Morgan fingerprint density at radius 1 is 1.28 bits per heavy atom. The van der Waals surface area contributed by atoms with Gasteiger partial charge in [-0.25, -0.2) is 14.0 Å². The molecule has 0 saturated carbocycles. The molecular weight excluding hydrogens is 327 g/mol. The summed E-state index contributed by atoms with van der Waals surface area (Å²) >= 11 is 0. The highest BCUT2D eigenvalue weighted by Crippen LogP contribution is 2.25. The predicted molar refractivity (Wildman–Crippen MR) is 92.5 cm³/mol. The molecule has 1 aromatic carbocycles. The molecule has 7 heteroatoms. The first-order chi connectivity index (χ1) is 11.6. The van der Waals surface area contributed by atoms with Gasteiger partial charge in [-0.15, -0.1) is 0 Å². The van der Waals surface area contributed by atoms with Crippen LogP contribution in [-0.4, -0.2) is 42.4 Å². The minimum Gasteiger partial charge on any atom is -0.478 e. The highest BCUT2D eigenvalue weighted by molar-refractivity contribution is 5.88. The van der Waals surface area contributed by atoms with Crippen LogP contribution in [0.1, 0.15) is 44.0 Å². The van der Waals surface area contributed by atoms with Crippen LogP contribution in [0.3, 0.4) is 0 Å². The lowest BCUT2D eigenvalue weighted by atomic mass is 9.96. The van der Waals surface area contributed by atoms with Crippen LogP contribution < -0.4 is 10.2 Å². The number of amides is 1. The van der Waals surface area contributed by atoms with Crippen molar-refractivity contribution in [3.8, 4) is 0 Å². The molecule has 1 amide bonds. The Balaban J connectivity index is 1.86. The third-order valence-corrected chi connectivity index (χ3v) is 4.04. The molecular formula is C18H25FN2O4. The number of nitrogens with zero attached hydrogens (tertiary/aromatic N) is 1. The Bertz CT molecular complexity index is 634. The van der Waals surface area contributed by atoms with E-state index in [2.05, 4.69) is 5.32 Å². The van der Waals surface area contributed by atoms with Crippen molar-refractivity contribution in [2.75, 3.05) is 24.5 Å². The van der Waals surface area contributed by atoms with Crippen LogP contribution in [0.4, 0.5) is 14.9 Å². The van der Waals surface area contributed by atoms with E-state index >= 15 is 0 Å². The van der Waals surface area contributed by atoms with E-state index in [0.717, 1.165) is 18.9 Å². The number of alkyl carbamates (subject to hydrolysis) is 1. The average Bonchev–Trinajstić information content (AvgIpc) is 2.51. The van der Waals surface area contributed by atoms with E-state index < -0.39 is 23.5 Å². The van der Waals surface area contributed by atoms with Gasteiger partial charge in [0.25, 0.3) is 0 Å². The smallest absolute Gasteiger partial charge is 0.407 e. The monoisotopic (exact) mass is 352 g/mol. The molecule has 0 spiro atoms. The molecule has 1 aliphatic rings. The van der Waals surface area contributed by atoms with Gasteiger partial charge in [-0.2, -0.15) is 0 Å². The third-order valence-electron chi connectivity index (χ3n) is 4.04. The first kappa shape index (κ1) is 19.0. The summed E-state index contributed by atoms with van der Waals surface area (Å²) in [6, 6.07) is 3.86. The standard InChI is InChI=1S/C18H25FN2O4/c1-18(2,3)25-17(24)20-11-12-4-6-21(7-5-12)15-9-13(16(22)23)8-14(19)10-15/h8-10,12H,4-7,11H2,1-3H3,(H,20,24)(H,22,23). The molecule has 0 atom stereocenters. The Kier molecular flexibility index (Phi) is 5.87. The van der Waals surface area contributed by atoms with Gasteiger partial charge in [0.1, 0.15) is 11.4 Å². The van der Waals surface area contributed by atoms with E-state index in [1.165, 1.54) is 12.1 Å². The van der Waals surface area contributed by atoms with Gasteiger partial charge in [0.15, 0.2) is 0 Å². The fourth-order valence-electron chi connectivity index (χ4n) is 2.82. The van der Waals surface area contributed by atoms with Gasteiger partial charge < -0.3 is 20.1 Å². The minimum atomic E-state index is -1.14. The summed E-state index contributed by atoms with van der Waals surface area (Å²) in [5.74, 6) is -1.38. The number of ether oxygens (including phenoxy) is 1. The number of halogens is 1. The van der Waals surface area contributed by atoms with Crippen molar-refractivity contribution >= 4 is 17.7 Å². The van der Waals surface area contributed by atoms with E-state index in [4.69, 9.17) is 9.84 Å². The van der Waals surface area contributed by atoms with Crippen molar-refractivity contribution in [1.82, 2.24) is 5.32 Å². The molecule has 2 rings (SSSR count). The number of carboxylic acid groups (broad SMARTS) is 1. The highest BCUT2D eigenvalue weighted by atomic mass is 19.1. The van der Waals surface area contributed by atoms with Crippen molar-refractivity contribution < 1.29 is 23.8 Å². The zero-order valence-corrected chi connectivity index (χ0v) is 14.8. The fourth-order valence-corrected chi connectivity index (χ4v) is 2.82. The quantitative estimate of drug-likeness (QED) is 0.869. The number of anilines is 1. The second kappa shape index (κ2) is 7.72. The van der Waals surface area contributed by atoms with Crippen LogP contribution in [0.25, 0.3) is 0 Å². The maximum absolute atomic E-state index is 13.6. The molecule has 138 valence electrons. The molecule has 0 radical (unpaired) electrons. The van der Waals surface area contributed by atoms with Gasteiger partial charge in [0.2, 0.25) is 0 Å². The molecule has 0 bridgehead atoms. The molecule has 0 aliphatic carbocycles. The molecule has 0 aromatic heterocycles. The van der Waals surface area contributed by atoms with Crippen LogP contribution in [0.15, 0.2) is 18.2 Å². The Morgan fingerprint density at radius 3 is 2.48 bits per heavy atom. The third kappa shape index (κ3) is 5.92. The van der Waals surface area contributed by atoms with E-state index in [1.807, 2.05) is 25.7 Å². The second-order valence-electron chi connectivity index (χ2n) is 7.32. The van der Waals surface area contributed by atoms with Crippen LogP contribution in [-0.2, 0) is 4.74 Å². The minimum absolute atomic E-state index is 0.0521. The summed E-state index contributed by atoms with van der Waals surface area (Å²) in [4.78, 5) is 24.7. The van der Waals surface area contributed by atoms with Crippen molar-refractivity contribution in [3.63, 3.8) is 0 Å². The topological polar surface area (TPSA) is 78.9 Å². The zero-order valence-electron chi connectivity index (χ0n) is 14.8. The molecule has 1 fully saturated rings. The van der Waals surface area contributed by atoms with Gasteiger partial charge in [0, 0.05) is 25.3 Å². The van der Waals surface area contributed by atoms with E-state index in [9.17, 15) is 14.0 Å². The summed E-state index contributed by atoms with van der Waals surface area (Å²) in [5.41, 5.74) is 0.00632. The van der Waals surface area contributed by atoms with Crippen LogP contribution in [0.5, 0.6) is 0 Å². The number of hydrogen-bond donors (Lipinski definition) is 2. The molecule has 0 unspecified atom stereocenters. The van der Waals surface area contributed by atoms with Gasteiger partial charge >= 0.3 is 12.1 Å². The zero-order chi connectivity index (χ0) is 18.6. The van der Waals surface area contributed by atoms with E-state index in [-0.39, 0.29) is 5.56 Å². The number of hydrogen-bond acceptors (Lipinski definition) is 4. The summed E-state index contributed by atoms with van der Waals surface area (Å²) in [5, 5.41) is 11.8. The number of carboxylic acids is 1. The maximum Gasteiger partial charge on any atom is 0.407 e. The number of benzene rings is 1. The molecule has 1 aliphatic heterocycles. The SMILES string of the molecule is CC(C)(C)OC(=O)NCC1CCN(c2cc(F)cc(C(=O)O)c2)CC1. The van der Waals surface area contributed by atoms with Gasteiger partial charge in [-0.1, -0.05) is 0 Å². The molecule has 6 nitrogen and oxygen atoms in total. The average molecular weight is 352 g/mol. The summed E-state index contributed by atoms with van der Waals surface area (Å²) in [6.45, 7) is 7.35. The number of nitrogens with one attached hydrogen (secondary N) is 1. The second-order valence-corrected chi connectivity index (χ2v) is 7.32. The van der Waals surface area contributed by atoms with Crippen LogP contribution in [0.2, 0.25) is 0 Å². The molecule has 1 saturated heterocycles. The van der Waals surface area contributed by atoms with Gasteiger partial charge in [-0.3, -0.25) is 0 Å². The van der Waals surface area contributed by atoms with Crippen molar-refractivity contribution in [2.45, 2.75) is 39.2 Å². The first-order valence-electron chi connectivity index (χ1n) is 8.40. The number of piperidine rings is 1. The number of carbonyl (C=O) groups excluding carboxylic acids is 1. The van der Waals surface area contributed by atoms with Crippen molar-refractivity contribution in [1.29, 1.82) is 0 Å².